The Balaban J connectivity index is 2.85. The van der Waals surface area contributed by atoms with E-state index in [4.69, 9.17) is 10.3 Å². The molecule has 0 aliphatic carbocycles. The molecule has 1 aromatic rings. The Morgan fingerprint density at radius 3 is 2.40 bits per heavy atom. The number of hydrogen-bond donors (Lipinski definition) is 1. The van der Waals surface area contributed by atoms with Gasteiger partial charge in [0.2, 0.25) is 5.89 Å². The average molecular weight is 211 g/mol. The van der Waals surface area contributed by atoms with Gasteiger partial charge in [-0.25, -0.2) is 0 Å². The van der Waals surface area contributed by atoms with Gasteiger partial charge in [0.05, 0.1) is 6.04 Å². The summed E-state index contributed by atoms with van der Waals surface area (Å²) < 4.78 is 5.19. The third-order valence-corrected chi connectivity index (χ3v) is 2.65. The molecule has 0 fully saturated rings. The molecule has 0 saturated heterocycles. The molecule has 15 heavy (non-hydrogen) atoms. The molecule has 4 nitrogen and oxygen atoms in total. The summed E-state index contributed by atoms with van der Waals surface area (Å²) in [4.78, 5) is 4.35. The van der Waals surface area contributed by atoms with E-state index in [0.717, 1.165) is 12.2 Å². The molecule has 2 atom stereocenters. The van der Waals surface area contributed by atoms with Crippen molar-refractivity contribution in [3.63, 3.8) is 0 Å². The molecule has 0 unspecified atom stereocenters. The van der Waals surface area contributed by atoms with Crippen molar-refractivity contribution in [1.29, 1.82) is 0 Å². The van der Waals surface area contributed by atoms with Crippen LogP contribution in [-0.4, -0.2) is 10.1 Å². The highest BCUT2D eigenvalue weighted by molar-refractivity contribution is 5.02. The van der Waals surface area contributed by atoms with Crippen LogP contribution in [0.4, 0.5) is 0 Å². The van der Waals surface area contributed by atoms with E-state index < -0.39 is 0 Å². The van der Waals surface area contributed by atoms with Crippen LogP contribution in [0.15, 0.2) is 4.52 Å². The lowest BCUT2D eigenvalue weighted by Gasteiger charge is -2.14. The zero-order chi connectivity index (χ0) is 11.6. The Morgan fingerprint density at radius 2 is 2.00 bits per heavy atom. The third-order valence-electron chi connectivity index (χ3n) is 2.65. The number of aromatic nitrogens is 2. The van der Waals surface area contributed by atoms with Gasteiger partial charge in [0, 0.05) is 5.41 Å². The first-order chi connectivity index (χ1) is 6.86. The summed E-state index contributed by atoms with van der Waals surface area (Å²) >= 11 is 0. The zero-order valence-corrected chi connectivity index (χ0v) is 10.2. The molecular formula is C11H21N3O. The molecule has 0 saturated carbocycles. The fraction of sp³-hybridized carbons (Fsp3) is 0.818. The van der Waals surface area contributed by atoms with E-state index in [0.29, 0.717) is 11.8 Å². The van der Waals surface area contributed by atoms with Crippen LogP contribution in [0.3, 0.4) is 0 Å². The normalized spacial score (nSPS) is 16.4. The van der Waals surface area contributed by atoms with Gasteiger partial charge in [-0.2, -0.15) is 4.98 Å². The molecule has 0 aromatic carbocycles. The van der Waals surface area contributed by atoms with Crippen molar-refractivity contribution in [1.82, 2.24) is 10.1 Å². The predicted octanol–water partition coefficient (Wildman–Crippen LogP) is 2.41. The first-order valence-electron chi connectivity index (χ1n) is 5.46. The standard InChI is InChI=1S/C11H21N3O/c1-6-7(2)8(12)9-13-10(14-15-9)11(3,4)5/h7-8H,6,12H2,1-5H3/t7-,8-/m0/s1. The summed E-state index contributed by atoms with van der Waals surface area (Å²) in [5, 5.41) is 3.96. The smallest absolute Gasteiger partial charge is 0.243 e. The Morgan fingerprint density at radius 1 is 1.40 bits per heavy atom. The maximum absolute atomic E-state index is 6.01. The van der Waals surface area contributed by atoms with Crippen LogP contribution in [-0.2, 0) is 5.41 Å². The molecule has 0 spiro atoms. The van der Waals surface area contributed by atoms with Gasteiger partial charge in [-0.1, -0.05) is 46.2 Å². The largest absolute Gasteiger partial charge is 0.338 e. The van der Waals surface area contributed by atoms with Crippen molar-refractivity contribution >= 4 is 0 Å². The van der Waals surface area contributed by atoms with Crippen LogP contribution in [0.25, 0.3) is 0 Å². The van der Waals surface area contributed by atoms with E-state index in [1.165, 1.54) is 0 Å². The molecular weight excluding hydrogens is 190 g/mol. The lowest BCUT2D eigenvalue weighted by Crippen LogP contribution is -2.19. The highest BCUT2D eigenvalue weighted by atomic mass is 16.5. The Kier molecular flexibility index (Phi) is 3.50. The second-order valence-corrected chi connectivity index (χ2v) is 5.12. The van der Waals surface area contributed by atoms with Gasteiger partial charge < -0.3 is 10.3 Å². The van der Waals surface area contributed by atoms with Crippen LogP contribution in [0.5, 0.6) is 0 Å². The fourth-order valence-electron chi connectivity index (χ4n) is 1.17. The van der Waals surface area contributed by atoms with Gasteiger partial charge in [0.1, 0.15) is 0 Å². The molecule has 0 aliphatic rings. The third kappa shape index (κ3) is 2.78. The van der Waals surface area contributed by atoms with Crippen molar-refractivity contribution in [3.05, 3.63) is 11.7 Å². The molecule has 2 N–H and O–H groups in total. The van der Waals surface area contributed by atoms with Crippen LogP contribution < -0.4 is 5.73 Å². The number of hydrogen-bond acceptors (Lipinski definition) is 4. The maximum Gasteiger partial charge on any atom is 0.243 e. The summed E-state index contributed by atoms with van der Waals surface area (Å²) in [5.74, 6) is 1.63. The lowest BCUT2D eigenvalue weighted by molar-refractivity contribution is 0.307. The molecule has 0 bridgehead atoms. The second-order valence-electron chi connectivity index (χ2n) is 5.12. The van der Waals surface area contributed by atoms with Crippen LogP contribution >= 0.6 is 0 Å². The van der Waals surface area contributed by atoms with E-state index in [1.54, 1.807) is 0 Å². The lowest BCUT2D eigenvalue weighted by atomic mass is 9.96. The molecule has 0 amide bonds. The van der Waals surface area contributed by atoms with Crippen molar-refractivity contribution in [2.24, 2.45) is 11.7 Å². The Bertz CT molecular complexity index is 314. The summed E-state index contributed by atoms with van der Waals surface area (Å²) in [6.45, 7) is 10.3. The number of rotatable bonds is 3. The zero-order valence-electron chi connectivity index (χ0n) is 10.2. The summed E-state index contributed by atoms with van der Waals surface area (Å²) in [6, 6.07) is -0.154. The monoisotopic (exact) mass is 211 g/mol. The minimum atomic E-state index is -0.154. The van der Waals surface area contributed by atoms with Crippen molar-refractivity contribution in [3.8, 4) is 0 Å². The van der Waals surface area contributed by atoms with E-state index in [9.17, 15) is 0 Å². The van der Waals surface area contributed by atoms with Gasteiger partial charge in [-0.3, -0.25) is 0 Å². The first kappa shape index (κ1) is 12.2. The SMILES string of the molecule is CC[C@H](C)[C@H](N)c1nc(C(C)(C)C)no1. The predicted molar refractivity (Wildman–Crippen MR) is 59.4 cm³/mol. The van der Waals surface area contributed by atoms with E-state index in [2.05, 4.69) is 44.8 Å². The summed E-state index contributed by atoms with van der Waals surface area (Å²) in [6.07, 6.45) is 1.01. The van der Waals surface area contributed by atoms with E-state index in [-0.39, 0.29) is 11.5 Å². The molecule has 0 aliphatic heterocycles. The highest BCUT2D eigenvalue weighted by Gasteiger charge is 2.25. The molecule has 86 valence electrons. The summed E-state index contributed by atoms with van der Waals surface area (Å²) in [5.41, 5.74) is 5.92. The second kappa shape index (κ2) is 4.31. The van der Waals surface area contributed by atoms with Crippen LogP contribution in [0, 0.1) is 5.92 Å². The minimum absolute atomic E-state index is 0.0864. The van der Waals surface area contributed by atoms with Gasteiger partial charge >= 0.3 is 0 Å². The van der Waals surface area contributed by atoms with E-state index in [1.807, 2.05) is 0 Å². The number of nitrogens with two attached hydrogens (primary N) is 1. The minimum Gasteiger partial charge on any atom is -0.338 e. The van der Waals surface area contributed by atoms with Crippen LogP contribution in [0.2, 0.25) is 0 Å². The maximum atomic E-state index is 6.01. The van der Waals surface area contributed by atoms with Gasteiger partial charge in [0.15, 0.2) is 5.82 Å². The van der Waals surface area contributed by atoms with Crippen molar-refractivity contribution in [2.45, 2.75) is 52.5 Å². The molecule has 1 heterocycles. The van der Waals surface area contributed by atoms with Gasteiger partial charge in [0.25, 0.3) is 0 Å². The fourth-order valence-corrected chi connectivity index (χ4v) is 1.17. The van der Waals surface area contributed by atoms with Crippen LogP contribution in [0.1, 0.15) is 58.8 Å². The number of nitrogens with zero attached hydrogens (tertiary/aromatic N) is 2. The quantitative estimate of drug-likeness (QED) is 0.833. The molecule has 0 radical (unpaired) electrons. The molecule has 4 heteroatoms. The highest BCUT2D eigenvalue weighted by Crippen LogP contribution is 2.24. The Hall–Kier alpha value is -0.900. The van der Waals surface area contributed by atoms with Gasteiger partial charge in [-0.05, 0) is 5.92 Å². The van der Waals surface area contributed by atoms with Crippen molar-refractivity contribution in [2.75, 3.05) is 0 Å². The molecule has 1 aromatic heterocycles. The van der Waals surface area contributed by atoms with E-state index >= 15 is 0 Å². The summed E-state index contributed by atoms with van der Waals surface area (Å²) in [7, 11) is 0. The van der Waals surface area contributed by atoms with Crippen molar-refractivity contribution < 1.29 is 4.52 Å². The Labute approximate surface area is 91.2 Å². The first-order valence-corrected chi connectivity index (χ1v) is 5.46. The molecule has 1 rings (SSSR count). The average Bonchev–Trinajstić information content (AvgIpc) is 2.63. The topological polar surface area (TPSA) is 64.9 Å². The van der Waals surface area contributed by atoms with Gasteiger partial charge in [-0.15, -0.1) is 0 Å².